The molecule has 0 saturated carbocycles. The van der Waals surface area contributed by atoms with Crippen LogP contribution in [-0.2, 0) is 13.0 Å². The number of aromatic amines is 1. The van der Waals surface area contributed by atoms with Crippen LogP contribution in [0.3, 0.4) is 0 Å². The number of H-pyrrole nitrogens is 1. The number of aromatic nitrogens is 3. The van der Waals surface area contributed by atoms with E-state index in [-0.39, 0.29) is 6.10 Å². The minimum Gasteiger partial charge on any atom is -0.491 e. The highest BCUT2D eigenvalue weighted by Crippen LogP contribution is 2.24. The molecule has 1 aromatic carbocycles. The minimum atomic E-state index is 0.131. The summed E-state index contributed by atoms with van der Waals surface area (Å²) in [6, 6.07) is 6.00. The number of ether oxygens (including phenoxy) is 1. The molecule has 0 fully saturated rings. The van der Waals surface area contributed by atoms with E-state index in [0.29, 0.717) is 11.3 Å². The van der Waals surface area contributed by atoms with Crippen molar-refractivity contribution in [3.8, 4) is 5.75 Å². The van der Waals surface area contributed by atoms with Gasteiger partial charge < -0.3 is 10.2 Å². The van der Waals surface area contributed by atoms with Crippen molar-refractivity contribution < 1.29 is 4.74 Å². The first-order chi connectivity index (χ1) is 10.5. The number of nitrogens with zero attached hydrogens (tertiary/aromatic N) is 2. The smallest absolute Gasteiger partial charge is 0.214 e. The van der Waals surface area contributed by atoms with Crippen LogP contribution in [0.15, 0.2) is 22.7 Å². The van der Waals surface area contributed by atoms with Crippen molar-refractivity contribution in [1.82, 2.24) is 14.9 Å². The van der Waals surface area contributed by atoms with Gasteiger partial charge in [-0.15, -0.1) is 0 Å². The van der Waals surface area contributed by atoms with Gasteiger partial charge in [0.05, 0.1) is 12.6 Å². The molecule has 0 radical (unpaired) electrons. The Morgan fingerprint density at radius 1 is 1.45 bits per heavy atom. The highest BCUT2D eigenvalue weighted by molar-refractivity contribution is 9.10. The van der Waals surface area contributed by atoms with Crippen molar-refractivity contribution in [1.29, 1.82) is 0 Å². The van der Waals surface area contributed by atoms with E-state index in [2.05, 4.69) is 38.5 Å². The molecule has 1 heterocycles. The first-order valence-corrected chi connectivity index (χ1v) is 8.56. The van der Waals surface area contributed by atoms with Crippen LogP contribution in [0, 0.1) is 4.77 Å². The maximum Gasteiger partial charge on any atom is 0.214 e. The molecule has 0 aliphatic rings. The van der Waals surface area contributed by atoms with Crippen LogP contribution in [-0.4, -0.2) is 21.0 Å². The first-order valence-electron chi connectivity index (χ1n) is 7.36. The molecular formula is C15H21BrN4OS. The summed E-state index contributed by atoms with van der Waals surface area (Å²) in [7, 11) is 0. The summed E-state index contributed by atoms with van der Waals surface area (Å²) in [6.45, 7) is 6.76. The van der Waals surface area contributed by atoms with Crippen molar-refractivity contribution in [3.05, 3.63) is 38.8 Å². The number of hydrogen-bond donors (Lipinski definition) is 2. The minimum absolute atomic E-state index is 0.131. The number of halogens is 1. The number of nitrogens with one attached hydrogen (secondary N) is 2. The molecule has 2 rings (SSSR count). The highest BCUT2D eigenvalue weighted by Gasteiger charge is 2.09. The van der Waals surface area contributed by atoms with Gasteiger partial charge in [0.25, 0.3) is 0 Å². The summed E-state index contributed by atoms with van der Waals surface area (Å²) in [4.78, 5) is 0. The maximum absolute atomic E-state index is 5.86. The normalized spacial score (nSPS) is 11.0. The molecule has 22 heavy (non-hydrogen) atoms. The lowest BCUT2D eigenvalue weighted by Gasteiger charge is -2.16. The van der Waals surface area contributed by atoms with Gasteiger partial charge in [-0.2, -0.15) is 5.10 Å². The molecule has 1 aromatic heterocycles. The molecule has 7 heteroatoms. The van der Waals surface area contributed by atoms with E-state index in [0.717, 1.165) is 34.5 Å². The second-order valence-corrected chi connectivity index (χ2v) is 6.59. The topological polar surface area (TPSA) is 54.9 Å². The zero-order valence-electron chi connectivity index (χ0n) is 13.0. The average Bonchev–Trinajstić information content (AvgIpc) is 2.80. The Bertz CT molecular complexity index is 680. The zero-order chi connectivity index (χ0) is 16.1. The molecule has 2 aromatic rings. The lowest BCUT2D eigenvalue weighted by atomic mass is 10.2. The standard InChI is InChI=1S/C15H21BrN4OS/c1-4-5-14-18-19-15(22)20(14)17-9-11-8-12(16)6-7-13(11)21-10(2)3/h6-8,10,17H,4-5,9H2,1-3H3,(H,19,22). The van der Waals surface area contributed by atoms with Crippen molar-refractivity contribution in [2.24, 2.45) is 0 Å². The fourth-order valence-electron chi connectivity index (χ4n) is 2.10. The van der Waals surface area contributed by atoms with Crippen LogP contribution in [0.25, 0.3) is 0 Å². The summed E-state index contributed by atoms with van der Waals surface area (Å²) in [6.07, 6.45) is 2.01. The van der Waals surface area contributed by atoms with E-state index in [9.17, 15) is 0 Å². The van der Waals surface area contributed by atoms with Crippen LogP contribution in [0.5, 0.6) is 5.75 Å². The SMILES string of the molecule is CCCc1n[nH]c(=S)n1NCc1cc(Br)ccc1OC(C)C. The third kappa shape index (κ3) is 4.33. The molecule has 0 atom stereocenters. The Kier molecular flexibility index (Phi) is 6.02. The van der Waals surface area contributed by atoms with E-state index in [1.54, 1.807) is 0 Å². The number of aryl methyl sites for hydroxylation is 1. The lowest BCUT2D eigenvalue weighted by Crippen LogP contribution is -2.18. The molecule has 0 amide bonds. The van der Waals surface area contributed by atoms with Gasteiger partial charge in [-0.1, -0.05) is 22.9 Å². The largest absolute Gasteiger partial charge is 0.491 e. The van der Waals surface area contributed by atoms with Gasteiger partial charge in [0.2, 0.25) is 4.77 Å². The van der Waals surface area contributed by atoms with Gasteiger partial charge in [-0.05, 0) is 50.7 Å². The molecule has 0 spiro atoms. The molecule has 0 saturated heterocycles. The third-order valence-electron chi connectivity index (χ3n) is 3.03. The quantitative estimate of drug-likeness (QED) is 0.702. The van der Waals surface area contributed by atoms with E-state index < -0.39 is 0 Å². The third-order valence-corrected chi connectivity index (χ3v) is 3.80. The predicted molar refractivity (Wildman–Crippen MR) is 94.4 cm³/mol. The van der Waals surface area contributed by atoms with Gasteiger partial charge in [-0.25, -0.2) is 4.68 Å². The second-order valence-electron chi connectivity index (χ2n) is 5.28. The van der Waals surface area contributed by atoms with Crippen molar-refractivity contribution >= 4 is 28.1 Å². The summed E-state index contributed by atoms with van der Waals surface area (Å²) in [5, 5.41) is 7.08. The lowest BCUT2D eigenvalue weighted by molar-refractivity contribution is 0.240. The van der Waals surface area contributed by atoms with E-state index in [4.69, 9.17) is 17.0 Å². The van der Waals surface area contributed by atoms with Crippen LogP contribution in [0.2, 0.25) is 0 Å². The fourth-order valence-corrected chi connectivity index (χ4v) is 2.73. The molecule has 0 bridgehead atoms. The zero-order valence-corrected chi connectivity index (χ0v) is 15.4. The summed E-state index contributed by atoms with van der Waals surface area (Å²) >= 11 is 8.78. The molecule has 0 unspecified atom stereocenters. The Balaban J connectivity index is 2.19. The average molecular weight is 385 g/mol. The van der Waals surface area contributed by atoms with E-state index in [1.807, 2.05) is 36.7 Å². The van der Waals surface area contributed by atoms with Gasteiger partial charge in [-0.3, -0.25) is 5.10 Å². The van der Waals surface area contributed by atoms with Crippen molar-refractivity contribution in [3.63, 3.8) is 0 Å². The summed E-state index contributed by atoms with van der Waals surface area (Å²) in [5.41, 5.74) is 4.38. The van der Waals surface area contributed by atoms with Crippen molar-refractivity contribution in [2.75, 3.05) is 5.43 Å². The van der Waals surface area contributed by atoms with Crippen LogP contribution >= 0.6 is 28.1 Å². The van der Waals surface area contributed by atoms with E-state index >= 15 is 0 Å². The maximum atomic E-state index is 5.86. The fraction of sp³-hybridized carbons (Fsp3) is 0.467. The second kappa shape index (κ2) is 7.78. The van der Waals surface area contributed by atoms with Crippen LogP contribution < -0.4 is 10.2 Å². The van der Waals surface area contributed by atoms with E-state index in [1.165, 1.54) is 0 Å². The predicted octanol–water partition coefficient (Wildman–Crippen LogP) is 4.19. The molecule has 5 nitrogen and oxygen atoms in total. The molecule has 0 aliphatic heterocycles. The number of hydrogen-bond acceptors (Lipinski definition) is 4. The summed E-state index contributed by atoms with van der Waals surface area (Å²) in [5.74, 6) is 1.78. The number of benzene rings is 1. The first kappa shape index (κ1) is 17.0. The van der Waals surface area contributed by atoms with Crippen molar-refractivity contribution in [2.45, 2.75) is 46.3 Å². The molecule has 0 aliphatic carbocycles. The van der Waals surface area contributed by atoms with Crippen LogP contribution in [0.1, 0.15) is 38.6 Å². The Labute approximate surface area is 144 Å². The van der Waals surface area contributed by atoms with Gasteiger partial charge in [0.15, 0.2) is 5.82 Å². The van der Waals surface area contributed by atoms with Gasteiger partial charge in [0.1, 0.15) is 5.75 Å². The monoisotopic (exact) mass is 384 g/mol. The Morgan fingerprint density at radius 3 is 2.91 bits per heavy atom. The molecular weight excluding hydrogens is 364 g/mol. The molecule has 2 N–H and O–H groups in total. The van der Waals surface area contributed by atoms with Gasteiger partial charge >= 0.3 is 0 Å². The number of rotatable bonds is 7. The van der Waals surface area contributed by atoms with Crippen LogP contribution in [0.4, 0.5) is 0 Å². The van der Waals surface area contributed by atoms with Gasteiger partial charge in [0, 0.05) is 16.5 Å². The Morgan fingerprint density at radius 2 is 2.23 bits per heavy atom. The summed E-state index contributed by atoms with van der Waals surface area (Å²) < 4.78 is 9.28. The highest BCUT2D eigenvalue weighted by atomic mass is 79.9. The Hall–Kier alpha value is -1.34. The molecule has 120 valence electrons.